The van der Waals surface area contributed by atoms with Gasteiger partial charge in [0.25, 0.3) is 5.91 Å². The van der Waals surface area contributed by atoms with Gasteiger partial charge in [-0.1, -0.05) is 26.8 Å². The van der Waals surface area contributed by atoms with E-state index in [0.29, 0.717) is 11.5 Å². The maximum Gasteiger partial charge on any atom is 0.256 e. The van der Waals surface area contributed by atoms with Gasteiger partial charge in [0.2, 0.25) is 0 Å². The summed E-state index contributed by atoms with van der Waals surface area (Å²) in [5.41, 5.74) is 1.25. The fraction of sp³-hybridized carbons (Fsp3) is 0.238. The van der Waals surface area contributed by atoms with E-state index < -0.39 is 15.7 Å². The maximum atomic E-state index is 13.3. The van der Waals surface area contributed by atoms with Crippen LogP contribution in [0.4, 0.5) is 10.2 Å². The van der Waals surface area contributed by atoms with Crippen molar-refractivity contribution < 1.29 is 17.6 Å². The molecule has 0 unspecified atom stereocenters. The van der Waals surface area contributed by atoms with E-state index in [4.69, 9.17) is 0 Å². The standard InChI is InChI=1S/C21H22FN3O3S/c1-21(2,3)18-13-19(25(24-18)16-10-8-15(22)9-11-16)23-20(26)14-6-5-7-17(12-14)29(4,27)28/h5-13H,1-4H3,(H,23,26). The largest absolute Gasteiger partial charge is 0.306 e. The highest BCUT2D eigenvalue weighted by Gasteiger charge is 2.22. The van der Waals surface area contributed by atoms with Crippen LogP contribution in [0.25, 0.3) is 5.69 Å². The molecular weight excluding hydrogens is 393 g/mol. The predicted octanol–water partition coefficient (Wildman–Crippen LogP) is 3.96. The molecule has 3 aromatic rings. The molecule has 2 aromatic carbocycles. The Labute approximate surface area is 169 Å². The fourth-order valence-electron chi connectivity index (χ4n) is 2.67. The van der Waals surface area contributed by atoms with Gasteiger partial charge in [0.05, 0.1) is 16.3 Å². The van der Waals surface area contributed by atoms with Crippen LogP contribution in [0.5, 0.6) is 0 Å². The number of nitrogens with zero attached hydrogens (tertiary/aromatic N) is 2. The van der Waals surface area contributed by atoms with Crippen molar-refractivity contribution in [3.05, 3.63) is 71.7 Å². The molecule has 0 radical (unpaired) electrons. The zero-order valence-corrected chi connectivity index (χ0v) is 17.4. The summed E-state index contributed by atoms with van der Waals surface area (Å²) in [7, 11) is -3.44. The zero-order chi connectivity index (χ0) is 21.4. The van der Waals surface area contributed by atoms with Gasteiger partial charge < -0.3 is 5.32 Å². The lowest BCUT2D eigenvalue weighted by Crippen LogP contribution is -2.15. The molecule has 29 heavy (non-hydrogen) atoms. The molecule has 0 saturated heterocycles. The monoisotopic (exact) mass is 415 g/mol. The van der Waals surface area contributed by atoms with Crippen LogP contribution in [-0.2, 0) is 15.3 Å². The molecule has 0 saturated carbocycles. The van der Waals surface area contributed by atoms with Crippen LogP contribution in [0, 0.1) is 5.82 Å². The van der Waals surface area contributed by atoms with Crippen LogP contribution in [0.2, 0.25) is 0 Å². The number of benzene rings is 2. The number of sulfone groups is 1. The van der Waals surface area contributed by atoms with E-state index in [0.717, 1.165) is 11.9 Å². The summed E-state index contributed by atoms with van der Waals surface area (Å²) in [4.78, 5) is 12.8. The minimum atomic E-state index is -3.44. The van der Waals surface area contributed by atoms with E-state index in [1.165, 1.54) is 41.1 Å². The SMILES string of the molecule is CC(C)(C)c1cc(NC(=O)c2cccc(S(C)(=O)=O)c2)n(-c2ccc(F)cc2)n1. The van der Waals surface area contributed by atoms with Crippen molar-refractivity contribution in [1.82, 2.24) is 9.78 Å². The summed E-state index contributed by atoms with van der Waals surface area (Å²) in [6, 6.07) is 13.3. The number of amides is 1. The highest BCUT2D eigenvalue weighted by atomic mass is 32.2. The molecule has 1 N–H and O–H groups in total. The zero-order valence-electron chi connectivity index (χ0n) is 16.6. The van der Waals surface area contributed by atoms with Crippen molar-refractivity contribution in [2.45, 2.75) is 31.1 Å². The molecule has 0 aliphatic carbocycles. The Kier molecular flexibility index (Phi) is 5.32. The average molecular weight is 415 g/mol. The van der Waals surface area contributed by atoms with Gasteiger partial charge >= 0.3 is 0 Å². The highest BCUT2D eigenvalue weighted by Crippen LogP contribution is 2.27. The van der Waals surface area contributed by atoms with Crippen molar-refractivity contribution >= 4 is 21.6 Å². The highest BCUT2D eigenvalue weighted by molar-refractivity contribution is 7.90. The number of carbonyl (C=O) groups is 1. The third-order valence-corrected chi connectivity index (χ3v) is 5.43. The Morgan fingerprint density at radius 1 is 1.07 bits per heavy atom. The normalized spacial score (nSPS) is 12.0. The van der Waals surface area contributed by atoms with Gasteiger partial charge in [0, 0.05) is 23.3 Å². The van der Waals surface area contributed by atoms with Gasteiger partial charge in [-0.05, 0) is 42.5 Å². The molecule has 152 valence electrons. The third-order valence-electron chi connectivity index (χ3n) is 4.31. The van der Waals surface area contributed by atoms with Crippen molar-refractivity contribution in [3.8, 4) is 5.69 Å². The van der Waals surface area contributed by atoms with Crippen molar-refractivity contribution in [1.29, 1.82) is 0 Å². The smallest absolute Gasteiger partial charge is 0.256 e. The first-order valence-corrected chi connectivity index (χ1v) is 10.8. The van der Waals surface area contributed by atoms with E-state index in [1.807, 2.05) is 20.8 Å². The second-order valence-electron chi connectivity index (χ2n) is 7.81. The number of carbonyl (C=O) groups excluding carboxylic acids is 1. The number of nitrogens with one attached hydrogen (secondary N) is 1. The molecule has 3 rings (SSSR count). The molecule has 1 amide bonds. The molecule has 0 fully saturated rings. The fourth-order valence-corrected chi connectivity index (χ4v) is 3.34. The van der Waals surface area contributed by atoms with Crippen molar-refractivity contribution in [2.24, 2.45) is 0 Å². The molecule has 8 heteroatoms. The minimum absolute atomic E-state index is 0.0626. The van der Waals surface area contributed by atoms with Crippen molar-refractivity contribution in [2.75, 3.05) is 11.6 Å². The maximum absolute atomic E-state index is 13.3. The topological polar surface area (TPSA) is 81.1 Å². The summed E-state index contributed by atoms with van der Waals surface area (Å²) in [5, 5.41) is 7.35. The summed E-state index contributed by atoms with van der Waals surface area (Å²) in [5.74, 6) is -0.448. The van der Waals surface area contributed by atoms with Crippen LogP contribution in [0.3, 0.4) is 0 Å². The number of aromatic nitrogens is 2. The average Bonchev–Trinajstić information content (AvgIpc) is 3.06. The van der Waals surface area contributed by atoms with E-state index in [1.54, 1.807) is 18.2 Å². The van der Waals surface area contributed by atoms with Gasteiger partial charge in [-0.3, -0.25) is 4.79 Å². The lowest BCUT2D eigenvalue weighted by molar-refractivity contribution is 0.102. The van der Waals surface area contributed by atoms with E-state index in [2.05, 4.69) is 10.4 Å². The molecule has 0 bridgehead atoms. The Bertz CT molecular complexity index is 1160. The second kappa shape index (κ2) is 7.44. The van der Waals surface area contributed by atoms with Gasteiger partial charge in [-0.15, -0.1) is 0 Å². The van der Waals surface area contributed by atoms with Crippen LogP contribution < -0.4 is 5.32 Å². The first-order valence-electron chi connectivity index (χ1n) is 8.93. The Balaban J connectivity index is 2.01. The first kappa shape index (κ1) is 20.7. The third kappa shape index (κ3) is 4.71. The number of anilines is 1. The van der Waals surface area contributed by atoms with Gasteiger partial charge in [0.15, 0.2) is 9.84 Å². The number of rotatable bonds is 4. The Morgan fingerprint density at radius 2 is 1.72 bits per heavy atom. The lowest BCUT2D eigenvalue weighted by Gasteiger charge is -2.14. The number of halogens is 1. The van der Waals surface area contributed by atoms with Gasteiger partial charge in [0.1, 0.15) is 11.6 Å². The summed E-state index contributed by atoms with van der Waals surface area (Å²) >= 11 is 0. The molecule has 0 atom stereocenters. The summed E-state index contributed by atoms with van der Waals surface area (Å²) in [6.45, 7) is 5.97. The Hall–Kier alpha value is -3.00. The number of hydrogen-bond donors (Lipinski definition) is 1. The van der Waals surface area contributed by atoms with Crippen LogP contribution in [-0.4, -0.2) is 30.4 Å². The summed E-state index contributed by atoms with van der Waals surface area (Å²) in [6.07, 6.45) is 1.09. The van der Waals surface area contributed by atoms with E-state index in [-0.39, 0.29) is 21.7 Å². The van der Waals surface area contributed by atoms with Crippen molar-refractivity contribution in [3.63, 3.8) is 0 Å². The van der Waals surface area contributed by atoms with Crippen LogP contribution >= 0.6 is 0 Å². The quantitative estimate of drug-likeness (QED) is 0.699. The molecular formula is C21H22FN3O3S. The van der Waals surface area contributed by atoms with E-state index >= 15 is 0 Å². The molecule has 0 aliphatic heterocycles. The van der Waals surface area contributed by atoms with Crippen LogP contribution in [0.15, 0.2) is 59.5 Å². The molecule has 0 spiro atoms. The van der Waals surface area contributed by atoms with Gasteiger partial charge in [-0.2, -0.15) is 5.10 Å². The van der Waals surface area contributed by atoms with E-state index in [9.17, 15) is 17.6 Å². The van der Waals surface area contributed by atoms with Crippen LogP contribution in [0.1, 0.15) is 36.8 Å². The molecule has 6 nitrogen and oxygen atoms in total. The first-order chi connectivity index (χ1) is 13.4. The molecule has 0 aliphatic rings. The predicted molar refractivity (Wildman–Crippen MR) is 110 cm³/mol. The number of hydrogen-bond acceptors (Lipinski definition) is 4. The summed E-state index contributed by atoms with van der Waals surface area (Å²) < 4.78 is 38.4. The lowest BCUT2D eigenvalue weighted by atomic mass is 9.92. The van der Waals surface area contributed by atoms with Gasteiger partial charge in [-0.25, -0.2) is 17.5 Å². The Morgan fingerprint density at radius 3 is 2.31 bits per heavy atom. The molecule has 1 heterocycles. The second-order valence-corrected chi connectivity index (χ2v) is 9.82. The minimum Gasteiger partial charge on any atom is -0.306 e. The molecule has 1 aromatic heterocycles.